The van der Waals surface area contributed by atoms with Crippen molar-refractivity contribution in [1.82, 2.24) is 24.6 Å². The summed E-state index contributed by atoms with van der Waals surface area (Å²) in [5, 5.41) is 16.8. The topological polar surface area (TPSA) is 106 Å². The predicted octanol–water partition coefficient (Wildman–Crippen LogP) is 2.01. The van der Waals surface area contributed by atoms with Crippen LogP contribution in [-0.4, -0.2) is 30.8 Å². The zero-order chi connectivity index (χ0) is 20.8. The molecule has 0 bridgehead atoms. The van der Waals surface area contributed by atoms with Gasteiger partial charge in [-0.05, 0) is 62.8 Å². The number of nitrogens with one attached hydrogen (secondary N) is 1. The van der Waals surface area contributed by atoms with Gasteiger partial charge in [-0.2, -0.15) is 10.4 Å². The van der Waals surface area contributed by atoms with Crippen LogP contribution in [-0.2, 0) is 11.3 Å². The zero-order valence-electron chi connectivity index (χ0n) is 16.6. The van der Waals surface area contributed by atoms with Gasteiger partial charge in [-0.1, -0.05) is 6.07 Å². The fourth-order valence-corrected chi connectivity index (χ4v) is 3.69. The molecule has 1 aromatic carbocycles. The Balaban J connectivity index is 1.63. The van der Waals surface area contributed by atoms with E-state index in [2.05, 4.69) is 27.5 Å². The van der Waals surface area contributed by atoms with Gasteiger partial charge in [0.2, 0.25) is 5.91 Å². The molecule has 2 heterocycles. The Morgan fingerprint density at radius 3 is 2.62 bits per heavy atom. The van der Waals surface area contributed by atoms with Gasteiger partial charge in [-0.15, -0.1) is 0 Å². The van der Waals surface area contributed by atoms with E-state index in [9.17, 15) is 14.9 Å². The Hall–Kier alpha value is -3.47. The quantitative estimate of drug-likeness (QED) is 0.717. The number of benzene rings is 1. The van der Waals surface area contributed by atoms with Gasteiger partial charge in [-0.25, -0.2) is 9.67 Å². The van der Waals surface area contributed by atoms with Crippen molar-refractivity contribution in [1.29, 1.82) is 5.26 Å². The molecule has 1 aliphatic rings. The van der Waals surface area contributed by atoms with E-state index < -0.39 is 5.54 Å². The monoisotopic (exact) mass is 390 g/mol. The number of nitrogens with zero attached hydrogens (tertiary/aromatic N) is 5. The lowest BCUT2D eigenvalue weighted by molar-refractivity contribution is -0.123. The summed E-state index contributed by atoms with van der Waals surface area (Å²) in [7, 11) is 0. The summed E-state index contributed by atoms with van der Waals surface area (Å²) in [6.07, 6.45) is 4.68. The van der Waals surface area contributed by atoms with E-state index in [0.29, 0.717) is 11.0 Å². The second-order valence-electron chi connectivity index (χ2n) is 7.95. The van der Waals surface area contributed by atoms with Crippen LogP contribution in [0, 0.1) is 31.1 Å². The van der Waals surface area contributed by atoms with Crippen molar-refractivity contribution in [2.75, 3.05) is 0 Å². The highest BCUT2D eigenvalue weighted by Gasteiger charge is 2.43. The molecule has 8 heteroatoms. The summed E-state index contributed by atoms with van der Waals surface area (Å²) < 4.78 is 2.87. The second-order valence-corrected chi connectivity index (χ2v) is 7.95. The van der Waals surface area contributed by atoms with Crippen molar-refractivity contribution in [2.45, 2.75) is 45.7 Å². The largest absolute Gasteiger partial charge is 0.336 e. The molecule has 2 aromatic heterocycles. The molecule has 0 spiro atoms. The third-order valence-electron chi connectivity index (χ3n) is 5.34. The van der Waals surface area contributed by atoms with E-state index in [4.69, 9.17) is 0 Å². The Morgan fingerprint density at radius 1 is 1.31 bits per heavy atom. The number of amides is 1. The molecule has 1 atom stereocenters. The molecular formula is C21H22N6O2. The fraction of sp³-hybridized carbons (Fsp3) is 0.381. The molecule has 1 fully saturated rings. The van der Waals surface area contributed by atoms with Crippen molar-refractivity contribution in [3.8, 4) is 11.8 Å². The highest BCUT2D eigenvalue weighted by molar-refractivity contribution is 5.78. The van der Waals surface area contributed by atoms with Crippen LogP contribution in [0.3, 0.4) is 0 Å². The number of carbonyl (C=O) groups is 1. The molecule has 29 heavy (non-hydrogen) atoms. The van der Waals surface area contributed by atoms with Crippen LogP contribution in [0.5, 0.6) is 0 Å². The average Bonchev–Trinajstić information content (AvgIpc) is 3.43. The maximum absolute atomic E-state index is 12.8. The summed E-state index contributed by atoms with van der Waals surface area (Å²) in [5.41, 5.74) is 2.21. The van der Waals surface area contributed by atoms with E-state index >= 15 is 0 Å². The lowest BCUT2D eigenvalue weighted by Gasteiger charge is -2.22. The Kier molecular flexibility index (Phi) is 4.46. The number of aromatic nitrogens is 4. The first-order valence-corrected chi connectivity index (χ1v) is 9.55. The molecule has 148 valence electrons. The van der Waals surface area contributed by atoms with Gasteiger partial charge in [0.15, 0.2) is 5.65 Å². The molecule has 8 nitrogen and oxygen atoms in total. The van der Waals surface area contributed by atoms with E-state index in [-0.39, 0.29) is 23.9 Å². The minimum atomic E-state index is -0.897. The predicted molar refractivity (Wildman–Crippen MR) is 107 cm³/mol. The van der Waals surface area contributed by atoms with Gasteiger partial charge in [0.05, 0.1) is 18.0 Å². The molecule has 3 aromatic rings. The van der Waals surface area contributed by atoms with Gasteiger partial charge in [0, 0.05) is 0 Å². The zero-order valence-corrected chi connectivity index (χ0v) is 16.6. The normalized spacial score (nSPS) is 15.7. The summed E-state index contributed by atoms with van der Waals surface area (Å²) in [5.74, 6) is -0.212. The molecule has 1 saturated carbocycles. The maximum Gasteiger partial charge on any atom is 0.264 e. The first-order chi connectivity index (χ1) is 13.8. The number of fused-ring (bicyclic) bond motifs is 1. The number of rotatable bonds is 5. The number of hydrogen-bond donors (Lipinski definition) is 1. The van der Waals surface area contributed by atoms with Crippen LogP contribution in [0.4, 0.5) is 0 Å². The Labute approximate surface area is 167 Å². The number of nitriles is 1. The van der Waals surface area contributed by atoms with Gasteiger partial charge in [0.25, 0.3) is 5.56 Å². The van der Waals surface area contributed by atoms with Crippen molar-refractivity contribution < 1.29 is 4.79 Å². The summed E-state index contributed by atoms with van der Waals surface area (Å²) >= 11 is 0. The Morgan fingerprint density at radius 2 is 2.00 bits per heavy atom. The third-order valence-corrected chi connectivity index (χ3v) is 5.34. The lowest BCUT2D eigenvalue weighted by atomic mass is 9.98. The molecule has 1 aliphatic carbocycles. The molecule has 1 unspecified atom stereocenters. The van der Waals surface area contributed by atoms with Gasteiger partial charge >= 0.3 is 0 Å². The molecule has 0 saturated heterocycles. The van der Waals surface area contributed by atoms with Crippen molar-refractivity contribution >= 4 is 16.9 Å². The van der Waals surface area contributed by atoms with Crippen LogP contribution >= 0.6 is 0 Å². The van der Waals surface area contributed by atoms with Crippen LogP contribution in [0.15, 0.2) is 35.5 Å². The van der Waals surface area contributed by atoms with Crippen LogP contribution in [0.1, 0.15) is 30.9 Å². The highest BCUT2D eigenvalue weighted by Crippen LogP contribution is 2.39. The minimum absolute atomic E-state index is 0.171. The van der Waals surface area contributed by atoms with Gasteiger partial charge < -0.3 is 5.32 Å². The van der Waals surface area contributed by atoms with Crippen molar-refractivity contribution in [3.05, 3.63) is 52.2 Å². The number of hydrogen-bond acceptors (Lipinski definition) is 5. The summed E-state index contributed by atoms with van der Waals surface area (Å²) in [4.78, 5) is 29.7. The van der Waals surface area contributed by atoms with E-state index in [1.165, 1.54) is 17.1 Å². The fourth-order valence-electron chi connectivity index (χ4n) is 3.69. The average molecular weight is 390 g/mol. The molecule has 1 N–H and O–H groups in total. The van der Waals surface area contributed by atoms with Crippen molar-refractivity contribution in [2.24, 2.45) is 5.92 Å². The molecule has 4 rings (SSSR count). The minimum Gasteiger partial charge on any atom is -0.336 e. The molecular weight excluding hydrogens is 368 g/mol. The van der Waals surface area contributed by atoms with Crippen molar-refractivity contribution in [3.63, 3.8) is 0 Å². The summed E-state index contributed by atoms with van der Waals surface area (Å²) in [6.45, 7) is 5.52. The maximum atomic E-state index is 12.8. The van der Waals surface area contributed by atoms with Crippen LogP contribution in [0.25, 0.3) is 16.7 Å². The van der Waals surface area contributed by atoms with Gasteiger partial charge in [0.1, 0.15) is 23.8 Å². The SMILES string of the molecule is Cc1cc(C)cc(-n2ncc3c(=O)n(CC(=O)NC(C)(C#N)C4CC4)cnc32)c1. The standard InChI is InChI=1S/C21H22N6O2/c1-13-6-14(2)8-16(7-13)27-19-17(9-24-27)20(29)26(12-23-19)10-18(28)25-21(3,11-22)15-4-5-15/h6-9,12,15H,4-5,10H2,1-3H3,(H,25,28). The van der Waals surface area contributed by atoms with Gasteiger partial charge in [-0.3, -0.25) is 14.2 Å². The Bertz CT molecular complexity index is 1190. The summed E-state index contributed by atoms with van der Waals surface area (Å²) in [6, 6.07) is 8.19. The first kappa shape index (κ1) is 18.9. The second kappa shape index (κ2) is 6.85. The first-order valence-electron chi connectivity index (χ1n) is 9.55. The van der Waals surface area contributed by atoms with E-state index in [1.807, 2.05) is 26.0 Å². The van der Waals surface area contributed by atoms with E-state index in [0.717, 1.165) is 29.7 Å². The van der Waals surface area contributed by atoms with Crippen LogP contribution in [0.2, 0.25) is 0 Å². The number of aryl methyl sites for hydroxylation is 2. The smallest absolute Gasteiger partial charge is 0.264 e. The van der Waals surface area contributed by atoms with E-state index in [1.54, 1.807) is 11.6 Å². The lowest BCUT2D eigenvalue weighted by Crippen LogP contribution is -2.48. The number of carbonyl (C=O) groups excluding carboxylic acids is 1. The molecule has 0 radical (unpaired) electrons. The van der Waals surface area contributed by atoms with Crippen LogP contribution < -0.4 is 10.9 Å². The molecule has 1 amide bonds. The third kappa shape index (κ3) is 3.51. The highest BCUT2D eigenvalue weighted by atomic mass is 16.2. The molecule has 0 aliphatic heterocycles.